The summed E-state index contributed by atoms with van der Waals surface area (Å²) in [6.45, 7) is 0.228. The molecule has 0 bridgehead atoms. The zero-order valence-corrected chi connectivity index (χ0v) is 11.9. The van der Waals surface area contributed by atoms with Crippen LogP contribution in [0.4, 0.5) is 10.1 Å². The van der Waals surface area contributed by atoms with Gasteiger partial charge in [0.05, 0.1) is 17.6 Å². The number of anilines is 1. The third-order valence-electron chi connectivity index (χ3n) is 3.12. The van der Waals surface area contributed by atoms with Gasteiger partial charge >= 0.3 is 0 Å². The smallest absolute Gasteiger partial charge is 0.263 e. The average molecular weight is 305 g/mol. The van der Waals surface area contributed by atoms with Crippen molar-refractivity contribution >= 4 is 33.0 Å². The van der Waals surface area contributed by atoms with Crippen molar-refractivity contribution in [3.63, 3.8) is 0 Å². The van der Waals surface area contributed by atoms with Crippen molar-refractivity contribution in [2.24, 2.45) is 7.05 Å². The number of hydrogen-bond donors (Lipinski definition) is 2. The van der Waals surface area contributed by atoms with E-state index < -0.39 is 5.82 Å². The first kappa shape index (κ1) is 13.5. The van der Waals surface area contributed by atoms with E-state index in [1.54, 1.807) is 30.1 Å². The second kappa shape index (κ2) is 5.13. The first-order valence-corrected chi connectivity index (χ1v) is 6.97. The van der Waals surface area contributed by atoms with Crippen LogP contribution in [0.25, 0.3) is 10.1 Å². The Morgan fingerprint density at radius 1 is 1.52 bits per heavy atom. The number of nitrogen functional groups attached to an aromatic ring is 1. The van der Waals surface area contributed by atoms with Gasteiger partial charge in [-0.15, -0.1) is 21.5 Å². The number of carbonyl (C=O) groups is 1. The van der Waals surface area contributed by atoms with Crippen LogP contribution in [0, 0.1) is 5.82 Å². The van der Waals surface area contributed by atoms with Gasteiger partial charge in [-0.25, -0.2) is 4.39 Å². The van der Waals surface area contributed by atoms with E-state index in [0.29, 0.717) is 20.8 Å². The molecule has 2 heterocycles. The van der Waals surface area contributed by atoms with E-state index in [1.165, 1.54) is 17.4 Å². The number of nitrogens with two attached hydrogens (primary N) is 1. The fraction of sp³-hybridized carbons (Fsp3) is 0.154. The normalized spacial score (nSPS) is 11.0. The summed E-state index contributed by atoms with van der Waals surface area (Å²) in [6.07, 6.45) is 1.55. The molecule has 0 spiro atoms. The predicted molar refractivity (Wildman–Crippen MR) is 78.4 cm³/mol. The second-order valence-electron chi connectivity index (χ2n) is 4.50. The number of aromatic nitrogens is 3. The van der Waals surface area contributed by atoms with Crippen molar-refractivity contribution in [1.82, 2.24) is 20.1 Å². The fourth-order valence-corrected chi connectivity index (χ4v) is 3.06. The predicted octanol–water partition coefficient (Wildman–Crippen LogP) is 1.68. The van der Waals surface area contributed by atoms with Crippen molar-refractivity contribution in [1.29, 1.82) is 0 Å². The van der Waals surface area contributed by atoms with Gasteiger partial charge in [0.2, 0.25) is 0 Å². The van der Waals surface area contributed by atoms with Gasteiger partial charge in [-0.3, -0.25) is 4.79 Å². The van der Waals surface area contributed by atoms with Crippen LogP contribution in [-0.2, 0) is 13.6 Å². The molecule has 6 nitrogen and oxygen atoms in total. The zero-order valence-electron chi connectivity index (χ0n) is 11.1. The van der Waals surface area contributed by atoms with E-state index >= 15 is 0 Å². The van der Waals surface area contributed by atoms with Crippen molar-refractivity contribution in [2.75, 3.05) is 5.73 Å². The summed E-state index contributed by atoms with van der Waals surface area (Å²) >= 11 is 1.17. The Bertz CT molecular complexity index is 825. The molecule has 0 saturated heterocycles. The largest absolute Gasteiger partial charge is 0.397 e. The summed E-state index contributed by atoms with van der Waals surface area (Å²) in [5.74, 6) is -0.154. The summed E-state index contributed by atoms with van der Waals surface area (Å²) < 4.78 is 16.1. The minimum Gasteiger partial charge on any atom is -0.397 e. The number of fused-ring (bicyclic) bond motifs is 1. The number of thiophene rings is 1. The van der Waals surface area contributed by atoms with Crippen LogP contribution >= 0.6 is 11.3 Å². The molecule has 0 unspecified atom stereocenters. The molecule has 3 rings (SSSR count). The summed E-state index contributed by atoms with van der Waals surface area (Å²) in [4.78, 5) is 12.5. The van der Waals surface area contributed by atoms with Crippen LogP contribution < -0.4 is 11.1 Å². The van der Waals surface area contributed by atoms with Gasteiger partial charge in [-0.1, -0.05) is 6.07 Å². The number of nitrogens with one attached hydrogen (secondary N) is 1. The highest BCUT2D eigenvalue weighted by Gasteiger charge is 2.18. The highest BCUT2D eigenvalue weighted by molar-refractivity contribution is 7.21. The standard InChI is InChI=1S/C13H12FN5OS/c1-19-6-17-18-9(19)5-16-13(20)12-11(15)10-7(14)3-2-4-8(10)21-12/h2-4,6H,5,15H2,1H3,(H,16,20). The highest BCUT2D eigenvalue weighted by Crippen LogP contribution is 2.35. The topological polar surface area (TPSA) is 85.8 Å². The molecule has 0 atom stereocenters. The Morgan fingerprint density at radius 3 is 3.00 bits per heavy atom. The minimum absolute atomic E-state index is 0.170. The number of carbonyl (C=O) groups excluding carboxylic acids is 1. The van der Waals surface area contributed by atoms with Crippen molar-refractivity contribution < 1.29 is 9.18 Å². The van der Waals surface area contributed by atoms with Gasteiger partial charge in [-0.05, 0) is 12.1 Å². The summed E-state index contributed by atoms with van der Waals surface area (Å²) in [5.41, 5.74) is 6.07. The van der Waals surface area contributed by atoms with Crippen LogP contribution in [0.5, 0.6) is 0 Å². The molecule has 0 saturated carbocycles. The Hall–Kier alpha value is -2.48. The monoisotopic (exact) mass is 305 g/mol. The molecule has 3 aromatic rings. The SMILES string of the molecule is Cn1cnnc1CNC(=O)c1sc2cccc(F)c2c1N. The van der Waals surface area contributed by atoms with Gasteiger partial charge in [0.1, 0.15) is 17.0 Å². The van der Waals surface area contributed by atoms with Crippen LogP contribution in [0.15, 0.2) is 24.5 Å². The maximum absolute atomic E-state index is 13.8. The molecule has 8 heteroatoms. The molecule has 1 aromatic carbocycles. The van der Waals surface area contributed by atoms with Gasteiger partial charge in [0.25, 0.3) is 5.91 Å². The number of aryl methyl sites for hydroxylation is 1. The van der Waals surface area contributed by atoms with E-state index in [1.807, 2.05) is 0 Å². The lowest BCUT2D eigenvalue weighted by molar-refractivity contribution is 0.0954. The number of rotatable bonds is 3. The van der Waals surface area contributed by atoms with Gasteiger partial charge < -0.3 is 15.6 Å². The van der Waals surface area contributed by atoms with Crippen LogP contribution in [0.1, 0.15) is 15.5 Å². The maximum Gasteiger partial charge on any atom is 0.263 e. The molecule has 0 aliphatic rings. The number of amides is 1. The third kappa shape index (κ3) is 2.33. The average Bonchev–Trinajstić information content (AvgIpc) is 3.01. The lowest BCUT2D eigenvalue weighted by Gasteiger charge is -2.03. The summed E-state index contributed by atoms with van der Waals surface area (Å²) in [5, 5.41) is 10.6. The molecule has 1 amide bonds. The molecular formula is C13H12FN5OS. The Morgan fingerprint density at radius 2 is 2.33 bits per heavy atom. The van der Waals surface area contributed by atoms with E-state index in [4.69, 9.17) is 5.73 Å². The third-order valence-corrected chi connectivity index (χ3v) is 4.29. The van der Waals surface area contributed by atoms with Gasteiger partial charge in [0.15, 0.2) is 5.82 Å². The zero-order chi connectivity index (χ0) is 15.0. The van der Waals surface area contributed by atoms with Crippen LogP contribution in [0.3, 0.4) is 0 Å². The van der Waals surface area contributed by atoms with E-state index in [2.05, 4.69) is 15.5 Å². The van der Waals surface area contributed by atoms with Crippen molar-refractivity contribution in [3.8, 4) is 0 Å². The second-order valence-corrected chi connectivity index (χ2v) is 5.55. The fourth-order valence-electron chi connectivity index (χ4n) is 2.00. The van der Waals surface area contributed by atoms with E-state index in [9.17, 15) is 9.18 Å². The Balaban J connectivity index is 1.87. The van der Waals surface area contributed by atoms with E-state index in [0.717, 1.165) is 0 Å². The molecular weight excluding hydrogens is 293 g/mol. The molecule has 2 aromatic heterocycles. The first-order chi connectivity index (χ1) is 10.1. The summed E-state index contributed by atoms with van der Waals surface area (Å²) in [7, 11) is 1.78. The molecule has 0 aliphatic carbocycles. The number of hydrogen-bond acceptors (Lipinski definition) is 5. The number of halogens is 1. The maximum atomic E-state index is 13.8. The quantitative estimate of drug-likeness (QED) is 0.771. The Labute approximate surface area is 123 Å². The van der Waals surface area contributed by atoms with Gasteiger partial charge in [0, 0.05) is 11.7 Å². The van der Waals surface area contributed by atoms with Gasteiger partial charge in [-0.2, -0.15) is 0 Å². The molecule has 0 aliphatic heterocycles. The van der Waals surface area contributed by atoms with Crippen LogP contribution in [0.2, 0.25) is 0 Å². The summed E-state index contributed by atoms with van der Waals surface area (Å²) in [6, 6.07) is 4.65. The number of benzene rings is 1. The Kier molecular flexibility index (Phi) is 3.30. The van der Waals surface area contributed by atoms with Crippen LogP contribution in [-0.4, -0.2) is 20.7 Å². The van der Waals surface area contributed by atoms with Crippen molar-refractivity contribution in [3.05, 3.63) is 41.0 Å². The minimum atomic E-state index is -0.423. The van der Waals surface area contributed by atoms with E-state index in [-0.39, 0.29) is 18.1 Å². The highest BCUT2D eigenvalue weighted by atomic mass is 32.1. The molecule has 0 fully saturated rings. The number of nitrogens with zero attached hydrogens (tertiary/aromatic N) is 3. The molecule has 3 N–H and O–H groups in total. The molecule has 21 heavy (non-hydrogen) atoms. The molecule has 0 radical (unpaired) electrons. The lowest BCUT2D eigenvalue weighted by atomic mass is 10.2. The van der Waals surface area contributed by atoms with Crippen molar-refractivity contribution in [2.45, 2.75) is 6.54 Å². The first-order valence-electron chi connectivity index (χ1n) is 6.15. The lowest BCUT2D eigenvalue weighted by Crippen LogP contribution is -2.24. The molecule has 108 valence electrons.